The van der Waals surface area contributed by atoms with Crippen molar-refractivity contribution >= 4 is 0 Å². The van der Waals surface area contributed by atoms with Crippen LogP contribution < -0.4 is 14.8 Å². The zero-order valence-corrected chi connectivity index (χ0v) is 13.4. The van der Waals surface area contributed by atoms with Crippen LogP contribution in [0.2, 0.25) is 0 Å². The van der Waals surface area contributed by atoms with Crippen molar-refractivity contribution in [3.05, 3.63) is 23.8 Å². The first-order chi connectivity index (χ1) is 10.3. The summed E-state index contributed by atoms with van der Waals surface area (Å²) in [5.41, 5.74) is 1.10. The molecule has 2 atom stereocenters. The van der Waals surface area contributed by atoms with Crippen LogP contribution in [0.5, 0.6) is 11.5 Å². The number of rotatable bonds is 7. The molecule has 1 fully saturated rings. The molecule has 21 heavy (non-hydrogen) atoms. The highest BCUT2D eigenvalue weighted by Gasteiger charge is 2.29. The van der Waals surface area contributed by atoms with E-state index in [4.69, 9.17) is 14.2 Å². The average molecular weight is 293 g/mol. The molecule has 0 aromatic heterocycles. The fraction of sp³-hybridized carbons (Fsp3) is 0.647. The van der Waals surface area contributed by atoms with Gasteiger partial charge in [-0.3, -0.25) is 0 Å². The van der Waals surface area contributed by atoms with Crippen molar-refractivity contribution in [2.24, 2.45) is 5.92 Å². The van der Waals surface area contributed by atoms with E-state index in [0.29, 0.717) is 5.92 Å². The average Bonchev–Trinajstić information content (AvgIpc) is 2.55. The lowest BCUT2D eigenvalue weighted by atomic mass is 9.88. The number of nitrogens with one attached hydrogen (secondary N) is 1. The second-order valence-electron chi connectivity index (χ2n) is 5.51. The molecular formula is C17H27NO3. The number of methoxy groups -OCH3 is 2. The van der Waals surface area contributed by atoms with Crippen molar-refractivity contribution in [2.75, 3.05) is 33.9 Å². The predicted molar refractivity (Wildman–Crippen MR) is 84.1 cm³/mol. The maximum absolute atomic E-state index is 6.07. The lowest BCUT2D eigenvalue weighted by Crippen LogP contribution is -2.32. The molecule has 4 heteroatoms. The van der Waals surface area contributed by atoms with Crippen LogP contribution in [0.15, 0.2) is 18.2 Å². The Kier molecular flexibility index (Phi) is 6.33. The third-order valence-corrected chi connectivity index (χ3v) is 4.02. The largest absolute Gasteiger partial charge is 0.497 e. The minimum atomic E-state index is 0.0770. The molecule has 1 N–H and O–H groups in total. The van der Waals surface area contributed by atoms with Crippen molar-refractivity contribution in [1.29, 1.82) is 0 Å². The fourth-order valence-electron chi connectivity index (χ4n) is 2.92. The van der Waals surface area contributed by atoms with Crippen molar-refractivity contribution in [2.45, 2.75) is 32.3 Å². The number of hydrogen-bond donors (Lipinski definition) is 1. The Hall–Kier alpha value is -1.26. The van der Waals surface area contributed by atoms with Gasteiger partial charge in [-0.1, -0.05) is 6.92 Å². The highest BCUT2D eigenvalue weighted by Crippen LogP contribution is 2.39. The van der Waals surface area contributed by atoms with Gasteiger partial charge in [0.25, 0.3) is 0 Å². The van der Waals surface area contributed by atoms with Crippen LogP contribution in [0.1, 0.15) is 37.9 Å². The molecule has 4 nitrogen and oxygen atoms in total. The molecule has 2 unspecified atom stereocenters. The van der Waals surface area contributed by atoms with E-state index < -0.39 is 0 Å². The third kappa shape index (κ3) is 4.11. The van der Waals surface area contributed by atoms with Crippen LogP contribution in [0.25, 0.3) is 0 Å². The van der Waals surface area contributed by atoms with E-state index >= 15 is 0 Å². The minimum absolute atomic E-state index is 0.0770. The Balaban J connectivity index is 2.19. The number of benzene rings is 1. The van der Waals surface area contributed by atoms with Crippen LogP contribution >= 0.6 is 0 Å². The molecule has 1 saturated heterocycles. The Bertz CT molecular complexity index is 436. The Morgan fingerprint density at radius 1 is 1.29 bits per heavy atom. The molecule has 1 aliphatic heterocycles. The van der Waals surface area contributed by atoms with E-state index in [9.17, 15) is 0 Å². The third-order valence-electron chi connectivity index (χ3n) is 4.02. The zero-order valence-electron chi connectivity index (χ0n) is 13.4. The van der Waals surface area contributed by atoms with Gasteiger partial charge in [-0.15, -0.1) is 0 Å². The van der Waals surface area contributed by atoms with Crippen molar-refractivity contribution in [3.63, 3.8) is 0 Å². The van der Waals surface area contributed by atoms with E-state index in [2.05, 4.69) is 12.2 Å². The van der Waals surface area contributed by atoms with E-state index in [1.54, 1.807) is 14.2 Å². The van der Waals surface area contributed by atoms with Crippen LogP contribution in [0.4, 0.5) is 0 Å². The number of ether oxygens (including phenoxy) is 3. The highest BCUT2D eigenvalue weighted by molar-refractivity contribution is 5.42. The SMILES string of the molecule is CCCNCC1CCCOC1c1cc(OC)ccc1OC. The lowest BCUT2D eigenvalue weighted by Gasteiger charge is -2.33. The molecule has 0 saturated carbocycles. The fourth-order valence-corrected chi connectivity index (χ4v) is 2.92. The smallest absolute Gasteiger partial charge is 0.124 e. The first kappa shape index (κ1) is 16.1. The van der Waals surface area contributed by atoms with Gasteiger partial charge in [-0.2, -0.15) is 0 Å². The van der Waals surface area contributed by atoms with Gasteiger partial charge in [0, 0.05) is 24.6 Å². The lowest BCUT2D eigenvalue weighted by molar-refractivity contribution is -0.0289. The molecule has 1 heterocycles. The van der Waals surface area contributed by atoms with Crippen LogP contribution in [0, 0.1) is 5.92 Å². The van der Waals surface area contributed by atoms with Crippen molar-refractivity contribution < 1.29 is 14.2 Å². The minimum Gasteiger partial charge on any atom is -0.497 e. The van der Waals surface area contributed by atoms with E-state index in [1.165, 1.54) is 6.42 Å². The molecule has 0 bridgehead atoms. The quantitative estimate of drug-likeness (QED) is 0.784. The standard InChI is InChI=1S/C17H27NO3/c1-4-9-18-12-13-6-5-10-21-17(13)15-11-14(19-2)7-8-16(15)20-3/h7-8,11,13,17-18H,4-6,9-10,12H2,1-3H3. The second kappa shape index (κ2) is 8.25. The molecule has 0 aliphatic carbocycles. The van der Waals surface area contributed by atoms with Gasteiger partial charge in [0.15, 0.2) is 0 Å². The van der Waals surface area contributed by atoms with Gasteiger partial charge in [0.1, 0.15) is 11.5 Å². The molecule has 1 aromatic carbocycles. The summed E-state index contributed by atoms with van der Waals surface area (Å²) in [5, 5.41) is 3.52. The summed E-state index contributed by atoms with van der Waals surface area (Å²) < 4.78 is 16.9. The topological polar surface area (TPSA) is 39.7 Å². The van der Waals surface area contributed by atoms with Crippen molar-refractivity contribution in [1.82, 2.24) is 5.32 Å². The maximum Gasteiger partial charge on any atom is 0.124 e. The molecule has 0 amide bonds. The zero-order chi connectivity index (χ0) is 15.1. The molecule has 2 rings (SSSR count). The summed E-state index contributed by atoms with van der Waals surface area (Å²) in [6.45, 7) is 5.04. The Morgan fingerprint density at radius 3 is 2.86 bits per heavy atom. The summed E-state index contributed by atoms with van der Waals surface area (Å²) in [7, 11) is 3.39. The molecule has 1 aliphatic rings. The Morgan fingerprint density at radius 2 is 2.14 bits per heavy atom. The molecule has 0 spiro atoms. The highest BCUT2D eigenvalue weighted by atomic mass is 16.5. The van der Waals surface area contributed by atoms with Gasteiger partial charge in [0.05, 0.1) is 20.3 Å². The maximum atomic E-state index is 6.07. The molecule has 1 aromatic rings. The summed E-state index contributed by atoms with van der Waals surface area (Å²) in [5.74, 6) is 2.20. The van der Waals surface area contributed by atoms with Crippen LogP contribution in [0.3, 0.4) is 0 Å². The molecular weight excluding hydrogens is 266 g/mol. The first-order valence-corrected chi connectivity index (χ1v) is 7.84. The van der Waals surface area contributed by atoms with Gasteiger partial charge < -0.3 is 19.5 Å². The summed E-state index contributed by atoms with van der Waals surface area (Å²) in [6.07, 6.45) is 3.54. The molecule has 118 valence electrons. The second-order valence-corrected chi connectivity index (χ2v) is 5.51. The van der Waals surface area contributed by atoms with Gasteiger partial charge >= 0.3 is 0 Å². The van der Waals surface area contributed by atoms with Crippen molar-refractivity contribution in [3.8, 4) is 11.5 Å². The summed E-state index contributed by atoms with van der Waals surface area (Å²) in [6, 6.07) is 5.93. The van der Waals surface area contributed by atoms with Gasteiger partial charge in [-0.25, -0.2) is 0 Å². The van der Waals surface area contributed by atoms with Crippen LogP contribution in [-0.4, -0.2) is 33.9 Å². The monoisotopic (exact) mass is 293 g/mol. The van der Waals surface area contributed by atoms with E-state index in [-0.39, 0.29) is 6.10 Å². The van der Waals surface area contributed by atoms with E-state index in [1.807, 2.05) is 18.2 Å². The normalized spacial score (nSPS) is 22.0. The summed E-state index contributed by atoms with van der Waals surface area (Å²) >= 11 is 0. The van der Waals surface area contributed by atoms with Gasteiger partial charge in [0.2, 0.25) is 0 Å². The van der Waals surface area contributed by atoms with Gasteiger partial charge in [-0.05, 0) is 44.0 Å². The van der Waals surface area contributed by atoms with E-state index in [0.717, 1.165) is 49.6 Å². The van der Waals surface area contributed by atoms with Crippen LogP contribution in [-0.2, 0) is 4.74 Å². The Labute approximate surface area is 127 Å². The predicted octanol–water partition coefficient (Wildman–Crippen LogP) is 3.17. The summed E-state index contributed by atoms with van der Waals surface area (Å²) in [4.78, 5) is 0. The number of hydrogen-bond acceptors (Lipinski definition) is 4. The molecule has 0 radical (unpaired) electrons. The first-order valence-electron chi connectivity index (χ1n) is 7.84.